The summed E-state index contributed by atoms with van der Waals surface area (Å²) in [6, 6.07) is 5.65. The fourth-order valence-electron chi connectivity index (χ4n) is 3.17. The van der Waals surface area contributed by atoms with Gasteiger partial charge >= 0.3 is 5.97 Å². The number of aryl methyl sites for hydroxylation is 3. The second-order valence-electron chi connectivity index (χ2n) is 6.79. The third-order valence-corrected chi connectivity index (χ3v) is 4.27. The highest BCUT2D eigenvalue weighted by atomic mass is 16.6. The molecule has 27 heavy (non-hydrogen) atoms. The number of aromatic amines is 1. The summed E-state index contributed by atoms with van der Waals surface area (Å²) in [6.07, 6.45) is -0.989. The highest BCUT2D eigenvalue weighted by molar-refractivity contribution is 6.05. The van der Waals surface area contributed by atoms with E-state index in [2.05, 4.69) is 4.98 Å². The van der Waals surface area contributed by atoms with Crippen LogP contribution in [0, 0.1) is 27.7 Å². The van der Waals surface area contributed by atoms with Crippen LogP contribution in [0.3, 0.4) is 0 Å². The molecule has 1 aromatic carbocycles. The van der Waals surface area contributed by atoms with Gasteiger partial charge < -0.3 is 14.5 Å². The van der Waals surface area contributed by atoms with Crippen LogP contribution < -0.4 is 4.74 Å². The zero-order valence-electron chi connectivity index (χ0n) is 16.6. The predicted molar refractivity (Wildman–Crippen MR) is 102 cm³/mol. The van der Waals surface area contributed by atoms with Crippen molar-refractivity contribution >= 4 is 17.5 Å². The first-order valence-corrected chi connectivity index (χ1v) is 8.75. The van der Waals surface area contributed by atoms with E-state index in [-0.39, 0.29) is 23.9 Å². The summed E-state index contributed by atoms with van der Waals surface area (Å²) in [6.45, 7) is 9.97. The second-order valence-corrected chi connectivity index (χ2v) is 6.79. The van der Waals surface area contributed by atoms with Gasteiger partial charge in [0.1, 0.15) is 5.75 Å². The number of H-pyrrole nitrogens is 1. The predicted octanol–water partition coefficient (Wildman–Crippen LogP) is 3.64. The molecule has 1 atom stereocenters. The summed E-state index contributed by atoms with van der Waals surface area (Å²) < 4.78 is 10.7. The van der Waals surface area contributed by atoms with Crippen LogP contribution in [0.25, 0.3) is 0 Å². The summed E-state index contributed by atoms with van der Waals surface area (Å²) in [4.78, 5) is 39.3. The number of Topliss-reactive ketones (excluding diaryl/α,β-unsaturated/α-hetero) is 2. The molecule has 0 spiro atoms. The third-order valence-electron chi connectivity index (χ3n) is 4.27. The smallest absolute Gasteiger partial charge is 0.344 e. The summed E-state index contributed by atoms with van der Waals surface area (Å²) in [5, 5.41) is 0. The van der Waals surface area contributed by atoms with Crippen molar-refractivity contribution in [3.05, 3.63) is 51.8 Å². The average Bonchev–Trinajstić information content (AvgIpc) is 2.85. The Kier molecular flexibility index (Phi) is 6.20. The molecule has 144 valence electrons. The van der Waals surface area contributed by atoms with E-state index < -0.39 is 12.1 Å². The van der Waals surface area contributed by atoms with Crippen LogP contribution in [0.1, 0.15) is 57.1 Å². The van der Waals surface area contributed by atoms with Gasteiger partial charge in [-0.2, -0.15) is 0 Å². The highest BCUT2D eigenvalue weighted by Crippen LogP contribution is 2.21. The fourth-order valence-corrected chi connectivity index (χ4v) is 3.17. The fraction of sp³-hybridized carbons (Fsp3) is 0.381. The molecular formula is C21H25NO5. The van der Waals surface area contributed by atoms with Gasteiger partial charge in [-0.05, 0) is 70.4 Å². The van der Waals surface area contributed by atoms with E-state index in [9.17, 15) is 14.4 Å². The van der Waals surface area contributed by atoms with Crippen LogP contribution >= 0.6 is 0 Å². The molecule has 0 amide bonds. The molecule has 0 unspecified atom stereocenters. The third kappa shape index (κ3) is 4.84. The standard InChI is InChI=1S/C21H25NO5/c1-11-7-12(2)9-17(8-11)26-10-18(24)27-16(6)21(25)20-13(3)19(15(5)23)14(4)22-20/h7-9,16,22H,10H2,1-6H3/t16-/m0/s1. The van der Waals surface area contributed by atoms with Crippen LogP contribution in [0.5, 0.6) is 5.75 Å². The maximum atomic E-state index is 12.6. The maximum absolute atomic E-state index is 12.6. The van der Waals surface area contributed by atoms with Gasteiger partial charge in [0.25, 0.3) is 0 Å². The van der Waals surface area contributed by atoms with Gasteiger partial charge in [0.15, 0.2) is 18.5 Å². The van der Waals surface area contributed by atoms with Gasteiger partial charge in [0.05, 0.1) is 5.69 Å². The number of aromatic nitrogens is 1. The lowest BCUT2D eigenvalue weighted by molar-refractivity contribution is -0.148. The molecular weight excluding hydrogens is 346 g/mol. The van der Waals surface area contributed by atoms with E-state index in [4.69, 9.17) is 9.47 Å². The molecule has 0 fully saturated rings. The van der Waals surface area contributed by atoms with E-state index in [0.29, 0.717) is 22.6 Å². The van der Waals surface area contributed by atoms with Crippen LogP contribution in [0.15, 0.2) is 18.2 Å². The second kappa shape index (κ2) is 8.20. The Morgan fingerprint density at radius 3 is 2.15 bits per heavy atom. The van der Waals surface area contributed by atoms with E-state index in [1.54, 1.807) is 13.8 Å². The number of hydrogen-bond donors (Lipinski definition) is 1. The van der Waals surface area contributed by atoms with Gasteiger partial charge in [0.2, 0.25) is 5.78 Å². The minimum absolute atomic E-state index is 0.119. The molecule has 1 aromatic heterocycles. The first-order valence-electron chi connectivity index (χ1n) is 8.75. The molecule has 0 aliphatic rings. The summed E-state index contributed by atoms with van der Waals surface area (Å²) in [7, 11) is 0. The van der Waals surface area contributed by atoms with E-state index in [0.717, 1.165) is 11.1 Å². The van der Waals surface area contributed by atoms with E-state index in [1.165, 1.54) is 13.8 Å². The molecule has 2 aromatic rings. The Balaban J connectivity index is 2.00. The Hall–Kier alpha value is -2.89. The molecule has 0 radical (unpaired) electrons. The molecule has 1 N–H and O–H groups in total. The van der Waals surface area contributed by atoms with Crippen molar-refractivity contribution in [1.29, 1.82) is 0 Å². The maximum Gasteiger partial charge on any atom is 0.344 e. The number of benzene rings is 1. The Bertz CT molecular complexity index is 874. The van der Waals surface area contributed by atoms with E-state index >= 15 is 0 Å². The van der Waals surface area contributed by atoms with Crippen molar-refractivity contribution in [2.45, 2.75) is 47.6 Å². The highest BCUT2D eigenvalue weighted by Gasteiger charge is 2.26. The van der Waals surface area contributed by atoms with E-state index in [1.807, 2.05) is 32.0 Å². The molecule has 0 aliphatic carbocycles. The minimum atomic E-state index is -0.989. The molecule has 6 nitrogen and oxygen atoms in total. The van der Waals surface area contributed by atoms with Gasteiger partial charge in [-0.25, -0.2) is 4.79 Å². The summed E-state index contributed by atoms with van der Waals surface area (Å²) in [5.74, 6) is -0.567. The van der Waals surface area contributed by atoms with Gasteiger partial charge in [-0.15, -0.1) is 0 Å². The molecule has 0 saturated carbocycles. The van der Waals surface area contributed by atoms with Crippen molar-refractivity contribution in [1.82, 2.24) is 4.98 Å². The SMILES string of the molecule is CC(=O)c1c(C)[nH]c(C(=O)[C@H](C)OC(=O)COc2cc(C)cc(C)c2)c1C. The quantitative estimate of drug-likeness (QED) is 0.593. The van der Waals surface area contributed by atoms with Crippen LogP contribution in [0.2, 0.25) is 0 Å². The zero-order valence-corrected chi connectivity index (χ0v) is 16.6. The minimum Gasteiger partial charge on any atom is -0.482 e. The Morgan fingerprint density at radius 2 is 1.63 bits per heavy atom. The molecule has 0 aliphatic heterocycles. The van der Waals surface area contributed by atoms with Crippen molar-refractivity contribution in [2.75, 3.05) is 6.61 Å². The molecule has 2 rings (SSSR count). The lowest BCUT2D eigenvalue weighted by atomic mass is 10.0. The number of nitrogens with one attached hydrogen (secondary N) is 1. The molecule has 1 heterocycles. The number of carbonyl (C=O) groups is 3. The summed E-state index contributed by atoms with van der Waals surface area (Å²) in [5.41, 5.74) is 4.03. The monoisotopic (exact) mass is 371 g/mol. The molecule has 6 heteroatoms. The van der Waals surface area contributed by atoms with Crippen molar-refractivity contribution < 1.29 is 23.9 Å². The largest absolute Gasteiger partial charge is 0.482 e. The van der Waals surface area contributed by atoms with Crippen LogP contribution in [-0.2, 0) is 9.53 Å². The number of ketones is 2. The lowest BCUT2D eigenvalue weighted by Gasteiger charge is -2.13. The lowest BCUT2D eigenvalue weighted by Crippen LogP contribution is -2.28. The molecule has 0 saturated heterocycles. The van der Waals surface area contributed by atoms with Crippen LogP contribution in [-0.4, -0.2) is 35.2 Å². The number of hydrogen-bond acceptors (Lipinski definition) is 5. The first-order chi connectivity index (χ1) is 12.6. The number of ether oxygens (including phenoxy) is 2. The normalized spacial score (nSPS) is 11.8. The first kappa shape index (κ1) is 20.4. The average molecular weight is 371 g/mol. The number of rotatable bonds is 7. The molecule has 0 bridgehead atoms. The Morgan fingerprint density at radius 1 is 1.04 bits per heavy atom. The number of esters is 1. The topological polar surface area (TPSA) is 85.5 Å². The zero-order chi connectivity index (χ0) is 20.3. The Labute approximate surface area is 158 Å². The van der Waals surface area contributed by atoms with Crippen molar-refractivity contribution in [3.8, 4) is 5.75 Å². The van der Waals surface area contributed by atoms with Crippen molar-refractivity contribution in [3.63, 3.8) is 0 Å². The summed E-state index contributed by atoms with van der Waals surface area (Å²) >= 11 is 0. The number of carbonyl (C=O) groups excluding carboxylic acids is 3. The van der Waals surface area contributed by atoms with Gasteiger partial charge in [-0.1, -0.05) is 6.07 Å². The van der Waals surface area contributed by atoms with Crippen molar-refractivity contribution in [2.24, 2.45) is 0 Å². The van der Waals surface area contributed by atoms with Crippen LogP contribution in [0.4, 0.5) is 0 Å². The van der Waals surface area contributed by atoms with Gasteiger partial charge in [-0.3, -0.25) is 9.59 Å². The van der Waals surface area contributed by atoms with Gasteiger partial charge in [0, 0.05) is 11.3 Å².